The van der Waals surface area contributed by atoms with Crippen molar-refractivity contribution < 1.29 is 14.1 Å². The second-order valence-corrected chi connectivity index (χ2v) is 9.44. The Bertz CT molecular complexity index is 1070. The number of carbonyl (C=O) groups is 1. The third-order valence-corrected chi connectivity index (χ3v) is 6.53. The maximum atomic E-state index is 12.8. The maximum Gasteiger partial charge on any atom is 0.241 e. The molecule has 0 radical (unpaired) electrons. The number of aromatic nitrogens is 2. The molecule has 8 heteroatoms. The van der Waals surface area contributed by atoms with E-state index in [2.05, 4.69) is 42.4 Å². The van der Waals surface area contributed by atoms with Crippen LogP contribution >= 0.6 is 15.9 Å². The summed E-state index contributed by atoms with van der Waals surface area (Å²) in [5.41, 5.74) is 2.10. The van der Waals surface area contributed by atoms with Gasteiger partial charge in [0.05, 0.1) is 19.1 Å². The molecule has 0 saturated carbocycles. The predicted octanol–water partition coefficient (Wildman–Crippen LogP) is 4.86. The van der Waals surface area contributed by atoms with Crippen LogP contribution in [0.4, 0.5) is 0 Å². The van der Waals surface area contributed by atoms with Gasteiger partial charge in [0.25, 0.3) is 0 Å². The van der Waals surface area contributed by atoms with Crippen LogP contribution in [0.25, 0.3) is 11.4 Å². The molecule has 1 fully saturated rings. The van der Waals surface area contributed by atoms with Crippen molar-refractivity contribution in [3.63, 3.8) is 0 Å². The Hall–Kier alpha value is -2.71. The fourth-order valence-electron chi connectivity index (χ4n) is 4.28. The first kappa shape index (κ1) is 24.4. The number of piperidine rings is 1. The van der Waals surface area contributed by atoms with Gasteiger partial charge in [-0.05, 0) is 75.0 Å². The van der Waals surface area contributed by atoms with Crippen molar-refractivity contribution in [3.8, 4) is 17.1 Å². The van der Waals surface area contributed by atoms with Gasteiger partial charge in [0.2, 0.25) is 17.6 Å². The number of likely N-dealkylation sites (tertiary alicyclic amines) is 1. The lowest BCUT2D eigenvalue weighted by Crippen LogP contribution is -2.43. The van der Waals surface area contributed by atoms with Crippen LogP contribution < -0.4 is 10.1 Å². The first-order valence-electron chi connectivity index (χ1n) is 11.9. The summed E-state index contributed by atoms with van der Waals surface area (Å²) in [6.07, 6.45) is 3.65. The van der Waals surface area contributed by atoms with Gasteiger partial charge in [-0.3, -0.25) is 9.69 Å². The highest BCUT2D eigenvalue weighted by Crippen LogP contribution is 2.22. The number of benzene rings is 2. The minimum atomic E-state index is -0.0154. The molecular formula is C26H31BrN4O3. The van der Waals surface area contributed by atoms with Gasteiger partial charge < -0.3 is 14.6 Å². The van der Waals surface area contributed by atoms with Crippen LogP contribution in [0.5, 0.6) is 5.75 Å². The topological polar surface area (TPSA) is 80.5 Å². The molecule has 1 atom stereocenters. The van der Waals surface area contributed by atoms with E-state index in [0.717, 1.165) is 48.0 Å². The van der Waals surface area contributed by atoms with Crippen LogP contribution in [0.2, 0.25) is 0 Å². The highest BCUT2D eigenvalue weighted by atomic mass is 79.9. The van der Waals surface area contributed by atoms with Gasteiger partial charge in [-0.25, -0.2) is 0 Å². The zero-order valence-electron chi connectivity index (χ0n) is 19.5. The van der Waals surface area contributed by atoms with E-state index in [0.29, 0.717) is 38.0 Å². The number of halogens is 1. The quantitative estimate of drug-likeness (QED) is 0.380. The molecular weight excluding hydrogens is 496 g/mol. The number of hydrogen-bond acceptors (Lipinski definition) is 6. The number of carbonyl (C=O) groups excluding carboxylic acids is 1. The number of nitrogens with zero attached hydrogens (tertiary/aromatic N) is 3. The van der Waals surface area contributed by atoms with Crippen molar-refractivity contribution in [2.24, 2.45) is 5.92 Å². The number of para-hydroxylation sites is 1. The highest BCUT2D eigenvalue weighted by molar-refractivity contribution is 9.10. The molecule has 3 aromatic rings. The van der Waals surface area contributed by atoms with Gasteiger partial charge >= 0.3 is 0 Å². The fourth-order valence-corrected chi connectivity index (χ4v) is 4.55. The van der Waals surface area contributed by atoms with Gasteiger partial charge in [0.1, 0.15) is 5.75 Å². The van der Waals surface area contributed by atoms with Crippen LogP contribution in [0.1, 0.15) is 37.6 Å². The number of ether oxygens (including phenoxy) is 1. The zero-order valence-corrected chi connectivity index (χ0v) is 21.1. The molecule has 0 bridgehead atoms. The summed E-state index contributed by atoms with van der Waals surface area (Å²) in [6, 6.07) is 15.9. The smallest absolute Gasteiger partial charge is 0.241 e. The summed E-state index contributed by atoms with van der Waals surface area (Å²) in [6.45, 7) is 5.49. The zero-order chi connectivity index (χ0) is 23.8. The minimum absolute atomic E-state index is 0.0154. The first-order valence-corrected chi connectivity index (χ1v) is 12.7. The standard InChI is InChI=1S/C26H31BrN4O3/c1-2-33-23-10-4-3-7-19(23)8-5-15-28-26(32)21-9-6-16-31(17-21)18-24-29-25(30-34-24)20-11-13-22(27)14-12-20/h3-4,7,10-14,21H,2,5-6,8-9,15-18H2,1H3,(H,28,32). The highest BCUT2D eigenvalue weighted by Gasteiger charge is 2.26. The SMILES string of the molecule is CCOc1ccccc1CCCNC(=O)C1CCCN(Cc2nc(-c3ccc(Br)cc3)no2)C1. The van der Waals surface area contributed by atoms with E-state index in [-0.39, 0.29) is 11.8 Å². The van der Waals surface area contributed by atoms with Crippen LogP contribution in [-0.4, -0.2) is 47.2 Å². The summed E-state index contributed by atoms with van der Waals surface area (Å²) in [5, 5.41) is 7.24. The molecule has 2 heterocycles. The van der Waals surface area contributed by atoms with E-state index in [1.54, 1.807) is 0 Å². The van der Waals surface area contributed by atoms with Crippen molar-refractivity contribution in [1.82, 2.24) is 20.4 Å². The van der Waals surface area contributed by atoms with Crippen molar-refractivity contribution in [3.05, 3.63) is 64.5 Å². The van der Waals surface area contributed by atoms with Gasteiger partial charge in [-0.15, -0.1) is 0 Å². The molecule has 1 aliphatic heterocycles. The van der Waals surface area contributed by atoms with E-state index in [1.807, 2.05) is 49.4 Å². The summed E-state index contributed by atoms with van der Waals surface area (Å²) >= 11 is 3.44. The molecule has 4 rings (SSSR count). The van der Waals surface area contributed by atoms with Crippen LogP contribution in [-0.2, 0) is 17.8 Å². The molecule has 1 aromatic heterocycles. The van der Waals surface area contributed by atoms with Crippen molar-refractivity contribution in [1.29, 1.82) is 0 Å². The Morgan fingerprint density at radius 1 is 1.24 bits per heavy atom. The average molecular weight is 527 g/mol. The second-order valence-electron chi connectivity index (χ2n) is 8.53. The molecule has 1 N–H and O–H groups in total. The summed E-state index contributed by atoms with van der Waals surface area (Å²) in [4.78, 5) is 19.5. The molecule has 2 aromatic carbocycles. The van der Waals surface area contributed by atoms with E-state index >= 15 is 0 Å². The largest absolute Gasteiger partial charge is 0.494 e. The Balaban J connectivity index is 1.23. The van der Waals surface area contributed by atoms with E-state index in [9.17, 15) is 4.79 Å². The number of hydrogen-bond donors (Lipinski definition) is 1. The molecule has 1 aliphatic rings. The van der Waals surface area contributed by atoms with E-state index in [1.165, 1.54) is 5.56 Å². The Labute approximate surface area is 209 Å². The first-order chi connectivity index (χ1) is 16.6. The molecule has 180 valence electrons. The lowest BCUT2D eigenvalue weighted by molar-refractivity contribution is -0.126. The third-order valence-electron chi connectivity index (χ3n) is 6.00. The van der Waals surface area contributed by atoms with Crippen LogP contribution in [0.3, 0.4) is 0 Å². The summed E-state index contributed by atoms with van der Waals surface area (Å²) in [7, 11) is 0. The lowest BCUT2D eigenvalue weighted by atomic mass is 9.97. The Morgan fingerprint density at radius 3 is 2.88 bits per heavy atom. The summed E-state index contributed by atoms with van der Waals surface area (Å²) in [5.74, 6) is 2.21. The molecule has 1 saturated heterocycles. The number of amides is 1. The monoisotopic (exact) mass is 526 g/mol. The molecule has 0 spiro atoms. The Kier molecular flexibility index (Phi) is 8.71. The average Bonchev–Trinajstić information content (AvgIpc) is 3.32. The minimum Gasteiger partial charge on any atom is -0.494 e. The predicted molar refractivity (Wildman–Crippen MR) is 134 cm³/mol. The van der Waals surface area contributed by atoms with Gasteiger partial charge in [-0.2, -0.15) is 4.98 Å². The molecule has 1 unspecified atom stereocenters. The maximum absolute atomic E-state index is 12.8. The van der Waals surface area contributed by atoms with Gasteiger partial charge in [0, 0.05) is 23.1 Å². The molecule has 7 nitrogen and oxygen atoms in total. The lowest BCUT2D eigenvalue weighted by Gasteiger charge is -2.30. The molecule has 1 amide bonds. The van der Waals surface area contributed by atoms with E-state index < -0.39 is 0 Å². The molecule has 0 aliphatic carbocycles. The Morgan fingerprint density at radius 2 is 2.06 bits per heavy atom. The number of rotatable bonds is 10. The van der Waals surface area contributed by atoms with Gasteiger partial charge in [-0.1, -0.05) is 39.3 Å². The number of nitrogens with one attached hydrogen (secondary N) is 1. The fraction of sp³-hybridized carbons (Fsp3) is 0.423. The van der Waals surface area contributed by atoms with Crippen molar-refractivity contribution in [2.75, 3.05) is 26.2 Å². The van der Waals surface area contributed by atoms with Crippen molar-refractivity contribution in [2.45, 2.75) is 39.2 Å². The van der Waals surface area contributed by atoms with Crippen LogP contribution in [0.15, 0.2) is 57.5 Å². The van der Waals surface area contributed by atoms with Crippen LogP contribution in [0, 0.1) is 5.92 Å². The van der Waals surface area contributed by atoms with Crippen molar-refractivity contribution >= 4 is 21.8 Å². The second kappa shape index (κ2) is 12.1. The van der Waals surface area contributed by atoms with E-state index in [4.69, 9.17) is 9.26 Å². The number of aryl methyl sites for hydroxylation is 1. The normalized spacial score (nSPS) is 16.4. The molecule has 34 heavy (non-hydrogen) atoms. The summed E-state index contributed by atoms with van der Waals surface area (Å²) < 4.78 is 12.2. The third kappa shape index (κ3) is 6.67. The van der Waals surface area contributed by atoms with Gasteiger partial charge in [0.15, 0.2) is 0 Å².